The summed E-state index contributed by atoms with van der Waals surface area (Å²) in [4.78, 5) is 26.8. The molecule has 24 heavy (non-hydrogen) atoms. The highest BCUT2D eigenvalue weighted by atomic mass is 32.1. The van der Waals surface area contributed by atoms with Crippen LogP contribution in [0.15, 0.2) is 21.3 Å². The lowest BCUT2D eigenvalue weighted by Crippen LogP contribution is -2.39. The molecule has 0 spiro atoms. The monoisotopic (exact) mass is 345 g/mol. The van der Waals surface area contributed by atoms with Crippen molar-refractivity contribution in [1.82, 2.24) is 10.1 Å². The van der Waals surface area contributed by atoms with Crippen LogP contribution >= 0.6 is 11.3 Å². The van der Waals surface area contributed by atoms with Crippen LogP contribution in [0.1, 0.15) is 54.7 Å². The number of nitrogens with one attached hydrogen (secondary N) is 1. The Morgan fingerprint density at radius 3 is 2.92 bits per heavy atom. The molecule has 0 bridgehead atoms. The summed E-state index contributed by atoms with van der Waals surface area (Å²) in [5, 5.41) is 10.7. The van der Waals surface area contributed by atoms with E-state index in [9.17, 15) is 9.59 Å². The van der Waals surface area contributed by atoms with Crippen molar-refractivity contribution >= 4 is 28.8 Å². The highest BCUT2D eigenvalue weighted by molar-refractivity contribution is 7.08. The molecule has 0 aromatic carbocycles. The van der Waals surface area contributed by atoms with Gasteiger partial charge in [0.25, 0.3) is 0 Å². The number of nitrogens with zero attached hydrogens (tertiary/aromatic N) is 2. The lowest BCUT2D eigenvalue weighted by Gasteiger charge is -2.23. The molecule has 2 aliphatic rings. The first-order valence-corrected chi connectivity index (χ1v) is 9.19. The van der Waals surface area contributed by atoms with Crippen LogP contribution in [-0.2, 0) is 9.59 Å². The van der Waals surface area contributed by atoms with E-state index in [1.807, 2.05) is 16.8 Å². The van der Waals surface area contributed by atoms with Crippen molar-refractivity contribution in [1.29, 1.82) is 0 Å². The quantitative estimate of drug-likeness (QED) is 0.867. The average molecular weight is 345 g/mol. The van der Waals surface area contributed by atoms with Gasteiger partial charge < -0.3 is 14.7 Å². The number of anilines is 1. The Morgan fingerprint density at radius 1 is 1.38 bits per heavy atom. The summed E-state index contributed by atoms with van der Waals surface area (Å²) in [6.07, 6.45) is 3.89. The molecule has 6 nitrogen and oxygen atoms in total. The first-order chi connectivity index (χ1) is 11.6. The molecule has 1 atom stereocenters. The molecule has 1 N–H and O–H groups in total. The smallest absolute Gasteiger partial charge is 0.314 e. The van der Waals surface area contributed by atoms with E-state index < -0.39 is 11.8 Å². The van der Waals surface area contributed by atoms with E-state index in [1.165, 1.54) is 0 Å². The van der Waals surface area contributed by atoms with Crippen LogP contribution in [-0.4, -0.2) is 28.4 Å². The second-order valence-corrected chi connectivity index (χ2v) is 7.23. The van der Waals surface area contributed by atoms with Gasteiger partial charge in [-0.25, -0.2) is 0 Å². The largest absolute Gasteiger partial charge is 0.359 e. The molecule has 1 saturated carbocycles. The van der Waals surface area contributed by atoms with Gasteiger partial charge in [0.1, 0.15) is 11.4 Å². The minimum absolute atomic E-state index is 0.000902. The minimum atomic E-state index is -0.606. The van der Waals surface area contributed by atoms with Crippen LogP contribution in [0.25, 0.3) is 0 Å². The lowest BCUT2D eigenvalue weighted by molar-refractivity contribution is -0.143. The fraction of sp³-hybridized carbons (Fsp3) is 0.471. The maximum Gasteiger partial charge on any atom is 0.314 e. The Labute approximate surface area is 143 Å². The molecule has 1 unspecified atom stereocenters. The van der Waals surface area contributed by atoms with Crippen molar-refractivity contribution in [2.24, 2.45) is 0 Å². The van der Waals surface area contributed by atoms with Crippen molar-refractivity contribution < 1.29 is 14.1 Å². The Morgan fingerprint density at radius 2 is 2.21 bits per heavy atom. The number of carbonyl (C=O) groups is 2. The van der Waals surface area contributed by atoms with Gasteiger partial charge in [-0.2, -0.15) is 11.3 Å². The highest BCUT2D eigenvalue weighted by Crippen LogP contribution is 2.44. The van der Waals surface area contributed by atoms with E-state index in [2.05, 4.69) is 10.5 Å². The minimum Gasteiger partial charge on any atom is -0.359 e. The topological polar surface area (TPSA) is 75.4 Å². The van der Waals surface area contributed by atoms with Gasteiger partial charge in [0.15, 0.2) is 5.76 Å². The number of thiophene rings is 1. The molecule has 2 aromatic rings. The highest BCUT2D eigenvalue weighted by Gasteiger charge is 2.36. The number of hydrogen-bond acceptors (Lipinski definition) is 5. The van der Waals surface area contributed by atoms with E-state index in [-0.39, 0.29) is 6.04 Å². The molecule has 3 heterocycles. The predicted octanol–water partition coefficient (Wildman–Crippen LogP) is 3.22. The third kappa shape index (κ3) is 2.73. The van der Waals surface area contributed by atoms with E-state index in [1.54, 1.807) is 23.2 Å². The first kappa shape index (κ1) is 15.4. The second kappa shape index (κ2) is 6.05. The Kier molecular flexibility index (Phi) is 3.88. The number of carbonyl (C=O) groups excluding carboxylic acids is 2. The van der Waals surface area contributed by atoms with Crippen LogP contribution < -0.4 is 5.32 Å². The van der Waals surface area contributed by atoms with E-state index in [0.29, 0.717) is 29.6 Å². The van der Waals surface area contributed by atoms with Gasteiger partial charge in [-0.05, 0) is 55.0 Å². The summed E-state index contributed by atoms with van der Waals surface area (Å²) < 4.78 is 5.32. The summed E-state index contributed by atoms with van der Waals surface area (Å²) in [6.45, 7) is 2.39. The zero-order chi connectivity index (χ0) is 16.7. The van der Waals surface area contributed by atoms with Crippen LogP contribution in [0.5, 0.6) is 0 Å². The first-order valence-electron chi connectivity index (χ1n) is 8.25. The van der Waals surface area contributed by atoms with Crippen LogP contribution in [0.4, 0.5) is 5.69 Å². The van der Waals surface area contributed by atoms with Gasteiger partial charge in [0.2, 0.25) is 0 Å². The summed E-state index contributed by atoms with van der Waals surface area (Å²) in [6, 6.07) is 2.02. The second-order valence-electron chi connectivity index (χ2n) is 6.45. The van der Waals surface area contributed by atoms with E-state index in [0.717, 1.165) is 31.2 Å². The van der Waals surface area contributed by atoms with Crippen molar-refractivity contribution in [3.8, 4) is 0 Å². The standard InChI is InChI=1S/C17H19N3O3S/c1-10-14(15(23-19-10)11-4-5-11)18-16(21)17(22)20-7-2-3-13(20)12-6-8-24-9-12/h6,8-9,11,13H,2-5,7H2,1H3,(H,18,21). The maximum atomic E-state index is 12.7. The number of hydrogen-bond donors (Lipinski definition) is 1. The maximum absolute atomic E-state index is 12.7. The number of aryl methyl sites for hydroxylation is 1. The van der Waals surface area contributed by atoms with Crippen molar-refractivity contribution in [2.75, 3.05) is 11.9 Å². The van der Waals surface area contributed by atoms with Crippen LogP contribution in [0, 0.1) is 6.92 Å². The normalized spacial score (nSPS) is 20.4. The molecule has 1 aliphatic heterocycles. The van der Waals surface area contributed by atoms with Gasteiger partial charge in [-0.1, -0.05) is 5.16 Å². The molecule has 1 aliphatic carbocycles. The molecular formula is C17H19N3O3S. The number of amides is 2. The van der Waals surface area contributed by atoms with Gasteiger partial charge in [0, 0.05) is 12.5 Å². The number of aromatic nitrogens is 1. The van der Waals surface area contributed by atoms with Crippen molar-refractivity contribution in [2.45, 2.75) is 44.6 Å². The molecule has 4 rings (SSSR count). The summed E-state index contributed by atoms with van der Waals surface area (Å²) in [5.41, 5.74) is 2.30. The Balaban J connectivity index is 1.50. The average Bonchev–Trinajstić information content (AvgIpc) is 3.00. The fourth-order valence-corrected chi connectivity index (χ4v) is 3.99. The van der Waals surface area contributed by atoms with Crippen molar-refractivity contribution in [3.05, 3.63) is 33.8 Å². The Hall–Kier alpha value is -2.15. The summed E-state index contributed by atoms with van der Waals surface area (Å²) in [7, 11) is 0. The van der Waals surface area contributed by atoms with Gasteiger partial charge in [0.05, 0.1) is 6.04 Å². The molecule has 1 saturated heterocycles. The summed E-state index contributed by atoms with van der Waals surface area (Å²) >= 11 is 1.61. The van der Waals surface area contributed by atoms with Crippen molar-refractivity contribution in [3.63, 3.8) is 0 Å². The number of likely N-dealkylation sites (tertiary alicyclic amines) is 1. The summed E-state index contributed by atoms with van der Waals surface area (Å²) in [5.74, 6) is -0.0669. The van der Waals surface area contributed by atoms with Gasteiger partial charge in [-0.3, -0.25) is 9.59 Å². The Bertz CT molecular complexity index is 764. The zero-order valence-electron chi connectivity index (χ0n) is 13.4. The SMILES string of the molecule is Cc1noc(C2CC2)c1NC(=O)C(=O)N1CCCC1c1ccsc1. The molecule has 126 valence electrons. The fourth-order valence-electron chi connectivity index (χ4n) is 3.28. The number of rotatable bonds is 3. The van der Waals surface area contributed by atoms with E-state index in [4.69, 9.17) is 4.52 Å². The third-order valence-electron chi connectivity index (χ3n) is 4.71. The van der Waals surface area contributed by atoms with Gasteiger partial charge >= 0.3 is 11.8 Å². The molecule has 7 heteroatoms. The molecule has 2 fully saturated rings. The molecule has 0 radical (unpaired) electrons. The lowest BCUT2D eigenvalue weighted by atomic mass is 10.1. The van der Waals surface area contributed by atoms with E-state index >= 15 is 0 Å². The zero-order valence-corrected chi connectivity index (χ0v) is 14.3. The molecular weight excluding hydrogens is 326 g/mol. The predicted molar refractivity (Wildman–Crippen MR) is 89.9 cm³/mol. The third-order valence-corrected chi connectivity index (χ3v) is 5.41. The van der Waals surface area contributed by atoms with Crippen LogP contribution in [0.3, 0.4) is 0 Å². The van der Waals surface area contributed by atoms with Crippen LogP contribution in [0.2, 0.25) is 0 Å². The van der Waals surface area contributed by atoms with Gasteiger partial charge in [-0.15, -0.1) is 0 Å². The molecule has 2 aromatic heterocycles. The molecule has 2 amide bonds.